The van der Waals surface area contributed by atoms with Crippen LogP contribution in [0.15, 0.2) is 28.1 Å². The van der Waals surface area contributed by atoms with Crippen LogP contribution in [0, 0.1) is 6.92 Å². The van der Waals surface area contributed by atoms with E-state index in [0.29, 0.717) is 39.3 Å². The Morgan fingerprint density at radius 1 is 1.44 bits per heavy atom. The summed E-state index contributed by atoms with van der Waals surface area (Å²) in [6, 6.07) is 5.42. The number of carbonyl (C=O) groups excluding carboxylic acids is 1. The van der Waals surface area contributed by atoms with Crippen molar-refractivity contribution >= 4 is 34.0 Å². The third kappa shape index (κ3) is 3.52. The van der Waals surface area contributed by atoms with Gasteiger partial charge in [-0.1, -0.05) is 23.7 Å². The molecule has 3 aromatic rings. The summed E-state index contributed by atoms with van der Waals surface area (Å²) in [6.45, 7) is 3.64. The van der Waals surface area contributed by atoms with Crippen LogP contribution < -0.4 is 10.1 Å². The molecule has 130 valence electrons. The lowest BCUT2D eigenvalue weighted by Gasteiger charge is -2.04. The number of aryl methyl sites for hydroxylation is 2. The molecule has 6 nitrogen and oxygen atoms in total. The summed E-state index contributed by atoms with van der Waals surface area (Å²) in [5.41, 5.74) is 2.67. The molecule has 1 amide bonds. The Morgan fingerprint density at radius 2 is 2.24 bits per heavy atom. The minimum Gasteiger partial charge on any atom is -0.495 e. The van der Waals surface area contributed by atoms with Crippen LogP contribution >= 0.6 is 22.9 Å². The van der Waals surface area contributed by atoms with Crippen LogP contribution in [-0.4, -0.2) is 23.2 Å². The van der Waals surface area contributed by atoms with Gasteiger partial charge in [-0.25, -0.2) is 4.98 Å². The molecule has 2 aromatic heterocycles. The summed E-state index contributed by atoms with van der Waals surface area (Å²) in [4.78, 5) is 16.9. The number of aromatic nitrogens is 2. The fourth-order valence-electron chi connectivity index (χ4n) is 2.40. The van der Waals surface area contributed by atoms with Crippen LogP contribution in [0.5, 0.6) is 5.75 Å². The van der Waals surface area contributed by atoms with Crippen molar-refractivity contribution in [2.45, 2.75) is 20.3 Å². The number of hydrogen-bond donors (Lipinski definition) is 1. The smallest absolute Gasteiger partial charge is 0.262 e. The lowest BCUT2D eigenvalue weighted by molar-refractivity contribution is 0.102. The second-order valence-corrected chi connectivity index (χ2v) is 6.52. The number of amides is 1. The van der Waals surface area contributed by atoms with Crippen LogP contribution in [0.4, 0.5) is 5.13 Å². The minimum atomic E-state index is -0.274. The topological polar surface area (TPSA) is 77.3 Å². The quantitative estimate of drug-likeness (QED) is 0.704. The van der Waals surface area contributed by atoms with Gasteiger partial charge in [0.2, 0.25) is 0 Å². The maximum Gasteiger partial charge on any atom is 0.262 e. The number of ether oxygens (including phenoxy) is 1. The Hall–Kier alpha value is -2.38. The number of halogens is 1. The summed E-state index contributed by atoms with van der Waals surface area (Å²) in [6.07, 6.45) is 0.619. The maximum atomic E-state index is 12.5. The lowest BCUT2D eigenvalue weighted by atomic mass is 10.1. The molecule has 0 bridgehead atoms. The average Bonchev–Trinajstić information content (AvgIpc) is 3.21. The first-order chi connectivity index (χ1) is 12.0. The van der Waals surface area contributed by atoms with Gasteiger partial charge < -0.3 is 9.26 Å². The minimum absolute atomic E-state index is 0.274. The summed E-state index contributed by atoms with van der Waals surface area (Å²) in [5, 5.41) is 9.55. The van der Waals surface area contributed by atoms with E-state index in [1.807, 2.05) is 18.4 Å². The molecular formula is C17H16ClN3O3S. The standard InChI is InChI=1S/C17H16ClN3O3S/c1-4-12-15(9(2)24-21-12)16(22)20-17-19-13(8-25-17)10-5-6-14(23-3)11(18)7-10/h5-8H,4H2,1-3H3,(H,19,20,22). The first-order valence-corrected chi connectivity index (χ1v) is 8.85. The van der Waals surface area contributed by atoms with Crippen LogP contribution in [0.1, 0.15) is 28.7 Å². The molecular weight excluding hydrogens is 362 g/mol. The van der Waals surface area contributed by atoms with Gasteiger partial charge in [-0.3, -0.25) is 10.1 Å². The number of benzene rings is 1. The van der Waals surface area contributed by atoms with E-state index in [9.17, 15) is 4.79 Å². The van der Waals surface area contributed by atoms with Gasteiger partial charge in [0.15, 0.2) is 5.13 Å². The maximum absolute atomic E-state index is 12.5. The van der Waals surface area contributed by atoms with Gasteiger partial charge in [-0.05, 0) is 31.5 Å². The van der Waals surface area contributed by atoms with Gasteiger partial charge in [0.25, 0.3) is 5.91 Å². The van der Waals surface area contributed by atoms with E-state index in [1.165, 1.54) is 11.3 Å². The van der Waals surface area contributed by atoms with Gasteiger partial charge in [-0.2, -0.15) is 0 Å². The predicted molar refractivity (Wildman–Crippen MR) is 97.7 cm³/mol. The molecule has 0 saturated heterocycles. The van der Waals surface area contributed by atoms with Crippen LogP contribution in [-0.2, 0) is 6.42 Å². The van der Waals surface area contributed by atoms with E-state index in [2.05, 4.69) is 15.5 Å². The van der Waals surface area contributed by atoms with Crippen molar-refractivity contribution in [1.82, 2.24) is 10.1 Å². The van der Waals surface area contributed by atoms with E-state index < -0.39 is 0 Å². The Balaban J connectivity index is 1.81. The van der Waals surface area contributed by atoms with E-state index in [1.54, 1.807) is 26.2 Å². The average molecular weight is 378 g/mol. The molecule has 2 heterocycles. The monoisotopic (exact) mass is 377 g/mol. The molecule has 3 rings (SSSR count). The van der Waals surface area contributed by atoms with E-state index in [0.717, 1.165) is 11.3 Å². The SMILES string of the molecule is CCc1noc(C)c1C(=O)Nc1nc(-c2ccc(OC)c(Cl)c2)cs1. The highest BCUT2D eigenvalue weighted by Crippen LogP contribution is 2.32. The second kappa shape index (κ2) is 7.25. The summed E-state index contributed by atoms with van der Waals surface area (Å²) in [7, 11) is 1.56. The summed E-state index contributed by atoms with van der Waals surface area (Å²) >= 11 is 7.49. The largest absolute Gasteiger partial charge is 0.495 e. The lowest BCUT2D eigenvalue weighted by Crippen LogP contribution is -2.14. The summed E-state index contributed by atoms with van der Waals surface area (Å²) < 4.78 is 10.2. The molecule has 1 N–H and O–H groups in total. The molecule has 0 radical (unpaired) electrons. The first kappa shape index (κ1) is 17.4. The second-order valence-electron chi connectivity index (χ2n) is 5.26. The van der Waals surface area contributed by atoms with Gasteiger partial charge in [0.05, 0.1) is 23.5 Å². The molecule has 0 atom stereocenters. The number of thiazole rings is 1. The molecule has 0 saturated carbocycles. The molecule has 1 aromatic carbocycles. The van der Waals surface area contributed by atoms with Crippen molar-refractivity contribution in [1.29, 1.82) is 0 Å². The highest BCUT2D eigenvalue weighted by molar-refractivity contribution is 7.14. The molecule has 0 fully saturated rings. The first-order valence-electron chi connectivity index (χ1n) is 7.59. The number of rotatable bonds is 5. The predicted octanol–water partition coefficient (Wildman–Crippen LogP) is 4.58. The number of methoxy groups -OCH3 is 1. The highest BCUT2D eigenvalue weighted by atomic mass is 35.5. The van der Waals surface area contributed by atoms with Crippen molar-refractivity contribution < 1.29 is 14.1 Å². The Kier molecular flexibility index (Phi) is 5.06. The van der Waals surface area contributed by atoms with E-state index in [4.69, 9.17) is 20.9 Å². The molecule has 0 aliphatic rings. The van der Waals surface area contributed by atoms with Crippen molar-refractivity contribution in [3.05, 3.63) is 45.6 Å². The Morgan fingerprint density at radius 3 is 2.92 bits per heavy atom. The Labute approximate surface area is 153 Å². The number of anilines is 1. The molecule has 8 heteroatoms. The third-order valence-corrected chi connectivity index (χ3v) is 4.72. The number of hydrogen-bond acceptors (Lipinski definition) is 6. The zero-order valence-corrected chi connectivity index (χ0v) is 15.5. The van der Waals surface area contributed by atoms with Gasteiger partial charge in [-0.15, -0.1) is 11.3 Å². The number of nitrogens with zero attached hydrogens (tertiary/aromatic N) is 2. The van der Waals surface area contributed by atoms with Crippen molar-refractivity contribution in [3.8, 4) is 17.0 Å². The van der Waals surface area contributed by atoms with Gasteiger partial charge in [0, 0.05) is 10.9 Å². The van der Waals surface area contributed by atoms with Crippen LogP contribution in [0.3, 0.4) is 0 Å². The van der Waals surface area contributed by atoms with Gasteiger partial charge in [0.1, 0.15) is 17.1 Å². The molecule has 0 aliphatic heterocycles. The number of nitrogens with one attached hydrogen (secondary N) is 1. The van der Waals surface area contributed by atoms with E-state index in [-0.39, 0.29) is 5.91 Å². The molecule has 25 heavy (non-hydrogen) atoms. The van der Waals surface area contributed by atoms with Crippen molar-refractivity contribution in [3.63, 3.8) is 0 Å². The fourth-order valence-corrected chi connectivity index (χ4v) is 3.37. The normalized spacial score (nSPS) is 10.7. The van der Waals surface area contributed by atoms with Gasteiger partial charge >= 0.3 is 0 Å². The van der Waals surface area contributed by atoms with Crippen molar-refractivity contribution in [2.24, 2.45) is 0 Å². The molecule has 0 aliphatic carbocycles. The zero-order valence-electron chi connectivity index (χ0n) is 13.9. The fraction of sp³-hybridized carbons (Fsp3) is 0.235. The number of carbonyl (C=O) groups is 1. The highest BCUT2D eigenvalue weighted by Gasteiger charge is 2.20. The van der Waals surface area contributed by atoms with E-state index >= 15 is 0 Å². The zero-order chi connectivity index (χ0) is 18.0. The Bertz CT molecular complexity index is 920. The van der Waals surface area contributed by atoms with Crippen molar-refractivity contribution in [2.75, 3.05) is 12.4 Å². The molecule has 0 spiro atoms. The third-order valence-electron chi connectivity index (χ3n) is 3.67. The molecule has 0 unspecified atom stereocenters. The van der Waals surface area contributed by atoms with Crippen LogP contribution in [0.25, 0.3) is 11.3 Å². The van der Waals surface area contributed by atoms with Crippen LogP contribution in [0.2, 0.25) is 5.02 Å². The summed E-state index contributed by atoms with van der Waals surface area (Å²) in [5.74, 6) is 0.821.